The first-order valence-corrected chi connectivity index (χ1v) is 9.23. The highest BCUT2D eigenvalue weighted by molar-refractivity contribution is 6.34. The van der Waals surface area contributed by atoms with Gasteiger partial charge >= 0.3 is 11.9 Å². The number of benzene rings is 2. The predicted octanol–water partition coefficient (Wildman–Crippen LogP) is 2.74. The Labute approximate surface area is 177 Å². The molecule has 1 amide bonds. The summed E-state index contributed by atoms with van der Waals surface area (Å²) in [6.45, 7) is 0.676. The Bertz CT molecular complexity index is 959. The Hall–Kier alpha value is -3.46. The van der Waals surface area contributed by atoms with Gasteiger partial charge in [-0.1, -0.05) is 11.6 Å². The molecule has 0 aromatic heterocycles. The maximum Gasteiger partial charge on any atom is 0.337 e. The summed E-state index contributed by atoms with van der Waals surface area (Å²) in [7, 11) is 2.45. The Morgan fingerprint density at radius 1 is 0.933 bits per heavy atom. The van der Waals surface area contributed by atoms with E-state index in [0.29, 0.717) is 41.1 Å². The Morgan fingerprint density at radius 3 is 2.07 bits per heavy atom. The summed E-state index contributed by atoms with van der Waals surface area (Å²) in [5.41, 5.74) is 1.00. The summed E-state index contributed by atoms with van der Waals surface area (Å²) < 4.78 is 20.3. The molecule has 0 radical (unpaired) electrons. The van der Waals surface area contributed by atoms with E-state index in [2.05, 4.69) is 20.1 Å². The van der Waals surface area contributed by atoms with Gasteiger partial charge in [-0.05, 0) is 18.2 Å². The Morgan fingerprint density at radius 2 is 1.50 bits per heavy atom. The number of nitrogens with one attached hydrogen (secondary N) is 2. The number of carbonyl (C=O) groups is 3. The largest absolute Gasteiger partial charge is 0.486 e. The number of carbonyl (C=O) groups excluding carboxylic acids is 3. The molecule has 1 aliphatic rings. The van der Waals surface area contributed by atoms with Crippen LogP contribution in [0.1, 0.15) is 20.7 Å². The molecule has 0 spiro atoms. The summed E-state index contributed by atoms with van der Waals surface area (Å²) in [4.78, 5) is 36.1. The molecule has 2 N–H and O–H groups in total. The molecule has 0 unspecified atom stereocenters. The first-order chi connectivity index (χ1) is 14.4. The third-order valence-electron chi connectivity index (χ3n) is 4.13. The second-order valence-corrected chi connectivity index (χ2v) is 6.57. The van der Waals surface area contributed by atoms with Crippen molar-refractivity contribution in [1.29, 1.82) is 0 Å². The van der Waals surface area contributed by atoms with E-state index in [1.165, 1.54) is 32.4 Å². The van der Waals surface area contributed by atoms with Crippen LogP contribution in [0.5, 0.6) is 11.5 Å². The number of esters is 2. The fourth-order valence-corrected chi connectivity index (χ4v) is 2.94. The van der Waals surface area contributed by atoms with E-state index < -0.39 is 17.8 Å². The molecule has 3 rings (SSSR count). The summed E-state index contributed by atoms with van der Waals surface area (Å²) in [5.74, 6) is -0.663. The van der Waals surface area contributed by atoms with Crippen LogP contribution in [0.15, 0.2) is 30.3 Å². The van der Waals surface area contributed by atoms with Crippen molar-refractivity contribution in [1.82, 2.24) is 0 Å². The Balaban J connectivity index is 1.71. The normalized spacial score (nSPS) is 12.0. The quantitative estimate of drug-likeness (QED) is 0.667. The number of ether oxygens (including phenoxy) is 4. The second-order valence-electron chi connectivity index (χ2n) is 6.16. The number of methoxy groups -OCH3 is 2. The van der Waals surface area contributed by atoms with E-state index in [4.69, 9.17) is 21.1 Å². The molecular formula is C20H19ClN2O7. The molecule has 9 nitrogen and oxygen atoms in total. The van der Waals surface area contributed by atoms with Crippen molar-refractivity contribution >= 4 is 40.8 Å². The number of hydrogen-bond acceptors (Lipinski definition) is 8. The molecule has 10 heteroatoms. The monoisotopic (exact) mass is 434 g/mol. The van der Waals surface area contributed by atoms with Gasteiger partial charge in [-0.2, -0.15) is 0 Å². The number of rotatable bonds is 6. The van der Waals surface area contributed by atoms with Gasteiger partial charge in [0.05, 0.1) is 42.6 Å². The minimum atomic E-state index is -0.628. The van der Waals surface area contributed by atoms with E-state index in [1.807, 2.05) is 0 Å². The maximum atomic E-state index is 12.4. The minimum Gasteiger partial charge on any atom is -0.486 e. The van der Waals surface area contributed by atoms with Crippen molar-refractivity contribution in [2.24, 2.45) is 0 Å². The molecule has 0 bridgehead atoms. The molecule has 30 heavy (non-hydrogen) atoms. The second kappa shape index (κ2) is 9.36. The smallest absolute Gasteiger partial charge is 0.337 e. The topological polar surface area (TPSA) is 112 Å². The lowest BCUT2D eigenvalue weighted by Gasteiger charge is -2.20. The van der Waals surface area contributed by atoms with Gasteiger partial charge in [-0.15, -0.1) is 0 Å². The summed E-state index contributed by atoms with van der Waals surface area (Å²) in [5, 5.41) is 5.83. The third-order valence-corrected chi connectivity index (χ3v) is 4.45. The van der Waals surface area contributed by atoms with Gasteiger partial charge in [0.15, 0.2) is 11.5 Å². The van der Waals surface area contributed by atoms with E-state index in [9.17, 15) is 14.4 Å². The van der Waals surface area contributed by atoms with E-state index in [1.54, 1.807) is 12.1 Å². The lowest BCUT2D eigenvalue weighted by Crippen LogP contribution is -2.23. The van der Waals surface area contributed by atoms with Gasteiger partial charge in [0.25, 0.3) is 0 Å². The van der Waals surface area contributed by atoms with Crippen molar-refractivity contribution in [2.75, 3.05) is 44.6 Å². The predicted molar refractivity (Wildman–Crippen MR) is 109 cm³/mol. The molecule has 158 valence electrons. The van der Waals surface area contributed by atoms with Gasteiger partial charge in [0.2, 0.25) is 5.91 Å². The van der Waals surface area contributed by atoms with Crippen LogP contribution in [0, 0.1) is 0 Å². The first-order valence-electron chi connectivity index (χ1n) is 8.86. The van der Waals surface area contributed by atoms with E-state index in [0.717, 1.165) is 0 Å². The molecule has 2 aromatic rings. The number of hydrogen-bond donors (Lipinski definition) is 2. The average molecular weight is 435 g/mol. The van der Waals surface area contributed by atoms with Crippen molar-refractivity contribution in [2.45, 2.75) is 0 Å². The summed E-state index contributed by atoms with van der Waals surface area (Å²) >= 11 is 6.19. The maximum absolute atomic E-state index is 12.4. The Kier molecular flexibility index (Phi) is 6.63. The zero-order valence-electron chi connectivity index (χ0n) is 16.2. The fourth-order valence-electron chi connectivity index (χ4n) is 2.74. The van der Waals surface area contributed by atoms with Crippen LogP contribution in [0.4, 0.5) is 11.4 Å². The number of amides is 1. The lowest BCUT2D eigenvalue weighted by atomic mass is 10.1. The first kappa shape index (κ1) is 21.3. The van der Waals surface area contributed by atoms with Gasteiger partial charge in [0.1, 0.15) is 13.2 Å². The number of anilines is 2. The molecule has 0 saturated heterocycles. The van der Waals surface area contributed by atoms with Gasteiger partial charge in [-0.3, -0.25) is 4.79 Å². The highest BCUT2D eigenvalue weighted by Crippen LogP contribution is 2.37. The van der Waals surface area contributed by atoms with Crippen molar-refractivity contribution < 1.29 is 33.3 Å². The standard InChI is InChI=1S/C20H19ClN2O7/c1-27-19(25)11-5-12(20(26)28-2)7-13(6-11)22-10-18(24)23-15-9-17-16(8-14(15)21)29-3-4-30-17/h5-9,22H,3-4,10H2,1-2H3,(H,23,24). The average Bonchev–Trinajstić information content (AvgIpc) is 2.76. The van der Waals surface area contributed by atoms with Crippen LogP contribution in [-0.2, 0) is 14.3 Å². The van der Waals surface area contributed by atoms with Crippen LogP contribution in [0.2, 0.25) is 5.02 Å². The van der Waals surface area contributed by atoms with Crippen molar-refractivity contribution in [3.05, 3.63) is 46.5 Å². The van der Waals surface area contributed by atoms with Crippen LogP contribution in [-0.4, -0.2) is 51.8 Å². The van der Waals surface area contributed by atoms with E-state index >= 15 is 0 Å². The molecule has 2 aromatic carbocycles. The molecule has 0 aliphatic carbocycles. The molecule has 0 saturated carbocycles. The van der Waals surface area contributed by atoms with Crippen LogP contribution < -0.4 is 20.1 Å². The van der Waals surface area contributed by atoms with Gasteiger partial charge in [0, 0.05) is 17.8 Å². The van der Waals surface area contributed by atoms with E-state index in [-0.39, 0.29) is 17.7 Å². The zero-order valence-corrected chi connectivity index (χ0v) is 17.0. The molecular weight excluding hydrogens is 416 g/mol. The fraction of sp³-hybridized carbons (Fsp3) is 0.250. The van der Waals surface area contributed by atoms with Crippen molar-refractivity contribution in [3.63, 3.8) is 0 Å². The summed E-state index contributed by atoms with van der Waals surface area (Å²) in [6, 6.07) is 7.42. The zero-order chi connectivity index (χ0) is 21.7. The highest BCUT2D eigenvalue weighted by Gasteiger charge is 2.17. The van der Waals surface area contributed by atoms with Crippen LogP contribution in [0.25, 0.3) is 0 Å². The number of halogens is 1. The minimum absolute atomic E-state index is 0.137. The number of fused-ring (bicyclic) bond motifs is 1. The molecule has 0 atom stereocenters. The third kappa shape index (κ3) is 4.93. The molecule has 0 fully saturated rings. The van der Waals surface area contributed by atoms with Gasteiger partial charge < -0.3 is 29.6 Å². The summed E-state index contributed by atoms with van der Waals surface area (Å²) in [6.07, 6.45) is 0. The van der Waals surface area contributed by atoms with Crippen LogP contribution in [0.3, 0.4) is 0 Å². The molecule has 1 aliphatic heterocycles. The highest BCUT2D eigenvalue weighted by atomic mass is 35.5. The SMILES string of the molecule is COC(=O)c1cc(NCC(=O)Nc2cc3c(cc2Cl)OCCO3)cc(C(=O)OC)c1. The molecule has 1 heterocycles. The lowest BCUT2D eigenvalue weighted by molar-refractivity contribution is -0.114. The van der Waals surface area contributed by atoms with Gasteiger partial charge in [-0.25, -0.2) is 9.59 Å². The van der Waals surface area contributed by atoms with Crippen molar-refractivity contribution in [3.8, 4) is 11.5 Å². The van der Waals surface area contributed by atoms with Crippen LogP contribution >= 0.6 is 11.6 Å².